The van der Waals surface area contributed by atoms with E-state index in [4.69, 9.17) is 9.05 Å². The number of rotatable bonds is 24. The van der Waals surface area contributed by atoms with E-state index >= 15 is 0 Å². The second-order valence-electron chi connectivity index (χ2n) is 8.95. The number of phosphoric acid groups is 1. The number of hydrogen-bond donors (Lipinski definition) is 2. The van der Waals surface area contributed by atoms with Gasteiger partial charge in [0.2, 0.25) is 0 Å². The maximum absolute atomic E-state index is 11.9. The minimum atomic E-state index is -4.02. The maximum atomic E-state index is 11.9. The van der Waals surface area contributed by atoms with Gasteiger partial charge >= 0.3 is 7.82 Å². The van der Waals surface area contributed by atoms with Crippen molar-refractivity contribution in [2.45, 2.75) is 117 Å². The molecule has 0 spiro atoms. The number of unbranched alkanes of at least 4 members (excludes halogenated alkanes) is 13. The lowest BCUT2D eigenvalue weighted by Gasteiger charge is -2.18. The number of Topliss-reactive ketones (excluding diaryl/α,β-unsaturated/α-hetero) is 1. The molecular formula is C24H51NO5P+. The zero-order chi connectivity index (χ0) is 23.2. The average Bonchev–Trinajstić information content (AvgIpc) is 2.72. The van der Waals surface area contributed by atoms with E-state index in [0.717, 1.165) is 19.3 Å². The SMILES string of the molecule is CCCCCCCCCCCCCCCCC(COP(=O)(O)OCC[NH2+]C)CC(C)=O. The quantitative estimate of drug-likeness (QED) is 0.140. The van der Waals surface area contributed by atoms with Crippen LogP contribution < -0.4 is 5.32 Å². The first kappa shape index (κ1) is 30.7. The molecule has 0 aromatic heterocycles. The van der Waals surface area contributed by atoms with E-state index < -0.39 is 7.82 Å². The molecule has 0 radical (unpaired) electrons. The van der Waals surface area contributed by atoms with Crippen molar-refractivity contribution in [1.82, 2.24) is 0 Å². The number of carbonyl (C=O) groups is 1. The highest BCUT2D eigenvalue weighted by Gasteiger charge is 2.23. The first-order valence-electron chi connectivity index (χ1n) is 12.8. The molecule has 0 aromatic carbocycles. The lowest BCUT2D eigenvalue weighted by atomic mass is 9.96. The number of ketones is 1. The Balaban J connectivity index is 3.74. The summed E-state index contributed by atoms with van der Waals surface area (Å²) in [5.41, 5.74) is 0. The molecule has 0 fully saturated rings. The van der Waals surface area contributed by atoms with Crippen LogP contribution in [0, 0.1) is 5.92 Å². The minimum Gasteiger partial charge on any atom is -0.347 e. The fourth-order valence-corrected chi connectivity index (χ4v) is 4.61. The summed E-state index contributed by atoms with van der Waals surface area (Å²) in [7, 11) is -2.16. The number of quaternary nitrogens is 1. The Bertz CT molecular complexity index is 461. The van der Waals surface area contributed by atoms with Gasteiger partial charge in [-0.05, 0) is 19.3 Å². The van der Waals surface area contributed by atoms with E-state index in [0.29, 0.717) is 13.0 Å². The molecule has 0 aliphatic carbocycles. The number of nitrogens with two attached hydrogens (primary N) is 1. The standard InChI is InChI=1S/C24H50NO5P/c1-4-5-6-7-8-9-10-11-12-13-14-15-16-17-18-24(21-23(2)26)22-30-31(27,28)29-20-19-25-3/h24-25H,4-22H2,1-3H3,(H,27,28)/p+1. The van der Waals surface area contributed by atoms with Crippen molar-refractivity contribution in [3.05, 3.63) is 0 Å². The second-order valence-corrected chi connectivity index (χ2v) is 10.4. The summed E-state index contributed by atoms with van der Waals surface area (Å²) in [4.78, 5) is 21.2. The van der Waals surface area contributed by atoms with E-state index in [1.54, 1.807) is 6.92 Å². The van der Waals surface area contributed by atoms with Crippen molar-refractivity contribution < 1.29 is 28.6 Å². The van der Waals surface area contributed by atoms with Gasteiger partial charge in [0.15, 0.2) is 0 Å². The molecule has 0 rings (SSSR count). The largest absolute Gasteiger partial charge is 0.472 e. The predicted octanol–water partition coefficient (Wildman–Crippen LogP) is 5.78. The Hall–Kier alpha value is -0.260. The number of hydrogen-bond acceptors (Lipinski definition) is 4. The normalized spacial score (nSPS) is 14.5. The maximum Gasteiger partial charge on any atom is 0.472 e. The van der Waals surface area contributed by atoms with Gasteiger partial charge in [-0.25, -0.2) is 4.57 Å². The molecule has 0 aliphatic rings. The van der Waals surface area contributed by atoms with E-state index in [1.807, 2.05) is 12.4 Å². The van der Waals surface area contributed by atoms with Gasteiger partial charge in [-0.1, -0.05) is 96.8 Å². The van der Waals surface area contributed by atoms with Gasteiger partial charge in [-0.3, -0.25) is 9.05 Å². The molecule has 7 heteroatoms. The molecule has 0 bridgehead atoms. The van der Waals surface area contributed by atoms with Crippen LogP contribution in [0.4, 0.5) is 0 Å². The van der Waals surface area contributed by atoms with Crippen LogP contribution in [0.2, 0.25) is 0 Å². The Morgan fingerprint density at radius 3 is 1.81 bits per heavy atom. The van der Waals surface area contributed by atoms with Crippen molar-refractivity contribution >= 4 is 13.6 Å². The Labute approximate surface area is 191 Å². The molecule has 2 unspecified atom stereocenters. The van der Waals surface area contributed by atoms with Crippen LogP contribution in [0.3, 0.4) is 0 Å². The van der Waals surface area contributed by atoms with E-state index in [2.05, 4.69) is 6.92 Å². The molecule has 31 heavy (non-hydrogen) atoms. The van der Waals surface area contributed by atoms with Crippen molar-refractivity contribution in [1.29, 1.82) is 0 Å². The van der Waals surface area contributed by atoms with Crippen LogP contribution in [-0.4, -0.2) is 37.5 Å². The van der Waals surface area contributed by atoms with E-state index in [-0.39, 0.29) is 24.9 Å². The average molecular weight is 465 g/mol. The predicted molar refractivity (Wildman–Crippen MR) is 128 cm³/mol. The smallest absolute Gasteiger partial charge is 0.347 e. The van der Waals surface area contributed by atoms with Crippen LogP contribution in [-0.2, 0) is 18.4 Å². The molecule has 0 amide bonds. The number of phosphoric ester groups is 1. The fourth-order valence-electron chi connectivity index (χ4n) is 3.80. The number of carbonyl (C=O) groups excluding carboxylic acids is 1. The summed E-state index contributed by atoms with van der Waals surface area (Å²) in [5, 5.41) is 1.87. The summed E-state index contributed by atoms with van der Waals surface area (Å²) >= 11 is 0. The Kier molecular flexibility index (Phi) is 21.4. The highest BCUT2D eigenvalue weighted by molar-refractivity contribution is 7.47. The number of likely N-dealkylation sites (N-methyl/N-ethyl adjacent to an activating group) is 1. The molecular weight excluding hydrogens is 413 g/mol. The third-order valence-corrected chi connectivity index (χ3v) is 6.66. The highest BCUT2D eigenvalue weighted by atomic mass is 31.2. The zero-order valence-electron chi connectivity index (χ0n) is 20.6. The molecule has 0 saturated heterocycles. The Morgan fingerprint density at radius 2 is 1.35 bits per heavy atom. The molecule has 2 atom stereocenters. The minimum absolute atomic E-state index is 0.0170. The van der Waals surface area contributed by atoms with Crippen LogP contribution in [0.5, 0.6) is 0 Å². The molecule has 186 valence electrons. The van der Waals surface area contributed by atoms with Gasteiger partial charge in [0.25, 0.3) is 0 Å². The third kappa shape index (κ3) is 22.7. The van der Waals surface area contributed by atoms with Gasteiger partial charge in [-0.15, -0.1) is 0 Å². The zero-order valence-corrected chi connectivity index (χ0v) is 21.5. The first-order valence-corrected chi connectivity index (χ1v) is 14.3. The van der Waals surface area contributed by atoms with Gasteiger partial charge in [0.05, 0.1) is 20.2 Å². The summed E-state index contributed by atoms with van der Waals surface area (Å²) in [5.74, 6) is 0.0740. The fraction of sp³-hybridized carbons (Fsp3) is 0.958. The molecule has 3 N–H and O–H groups in total. The monoisotopic (exact) mass is 464 g/mol. The van der Waals surface area contributed by atoms with Crippen molar-refractivity contribution in [2.75, 3.05) is 26.8 Å². The Morgan fingerprint density at radius 1 is 0.871 bits per heavy atom. The molecule has 0 aliphatic heterocycles. The summed E-state index contributed by atoms with van der Waals surface area (Å²) in [6, 6.07) is 0. The summed E-state index contributed by atoms with van der Waals surface area (Å²) in [6.07, 6.45) is 19.6. The third-order valence-electron chi connectivity index (χ3n) is 5.68. The van der Waals surface area contributed by atoms with Gasteiger partial charge < -0.3 is 15.0 Å². The molecule has 0 aromatic rings. The molecule has 0 saturated carbocycles. The van der Waals surface area contributed by atoms with Crippen LogP contribution >= 0.6 is 7.82 Å². The first-order chi connectivity index (χ1) is 14.9. The van der Waals surface area contributed by atoms with E-state index in [9.17, 15) is 14.3 Å². The van der Waals surface area contributed by atoms with E-state index in [1.165, 1.54) is 77.0 Å². The van der Waals surface area contributed by atoms with Crippen LogP contribution in [0.15, 0.2) is 0 Å². The van der Waals surface area contributed by atoms with Crippen molar-refractivity contribution in [3.63, 3.8) is 0 Å². The topological polar surface area (TPSA) is 89.4 Å². The van der Waals surface area contributed by atoms with Crippen LogP contribution in [0.1, 0.15) is 117 Å². The van der Waals surface area contributed by atoms with Crippen molar-refractivity contribution in [3.8, 4) is 0 Å². The molecule has 0 heterocycles. The second kappa shape index (κ2) is 21.6. The molecule has 6 nitrogen and oxygen atoms in total. The highest BCUT2D eigenvalue weighted by Crippen LogP contribution is 2.43. The summed E-state index contributed by atoms with van der Waals surface area (Å²) < 4.78 is 21.9. The lowest BCUT2D eigenvalue weighted by molar-refractivity contribution is -0.627. The lowest BCUT2D eigenvalue weighted by Crippen LogP contribution is -2.80. The summed E-state index contributed by atoms with van der Waals surface area (Å²) in [6.45, 7) is 4.69. The van der Waals surface area contributed by atoms with Crippen molar-refractivity contribution in [2.24, 2.45) is 5.92 Å². The van der Waals surface area contributed by atoms with Gasteiger partial charge in [0.1, 0.15) is 12.4 Å². The van der Waals surface area contributed by atoms with Crippen LogP contribution in [0.25, 0.3) is 0 Å². The van der Waals surface area contributed by atoms with Gasteiger partial charge in [-0.2, -0.15) is 0 Å². The van der Waals surface area contributed by atoms with Gasteiger partial charge in [0, 0.05) is 6.42 Å².